The molecule has 2 saturated heterocycles. The lowest BCUT2D eigenvalue weighted by molar-refractivity contribution is -0.162. The Labute approximate surface area is 104 Å². The lowest BCUT2D eigenvalue weighted by Crippen LogP contribution is -2.63. The molecule has 0 bridgehead atoms. The first-order valence-electron chi connectivity index (χ1n) is 6.11. The first-order chi connectivity index (χ1) is 7.52. The van der Waals surface area contributed by atoms with E-state index in [1.54, 1.807) is 4.90 Å². The standard InChI is InChI=1S/C7H13NO.C6H11NO/c1-5-7(2,3)6(9)8(5)4;1-4-6(2,3)5(8)7-4/h5H,1-4H3;4H,1-3H3,(H,7,8). The molecular weight excluding hydrogens is 216 g/mol. The van der Waals surface area contributed by atoms with Gasteiger partial charge in [-0.1, -0.05) is 0 Å². The quantitative estimate of drug-likeness (QED) is 0.651. The predicted octanol–water partition coefficient (Wildman–Crippen LogP) is 1.40. The minimum Gasteiger partial charge on any atom is -0.352 e. The third-order valence-corrected chi connectivity index (χ3v) is 4.51. The van der Waals surface area contributed by atoms with Crippen LogP contribution in [0.25, 0.3) is 0 Å². The van der Waals surface area contributed by atoms with Crippen molar-refractivity contribution in [2.24, 2.45) is 10.8 Å². The van der Waals surface area contributed by atoms with Gasteiger partial charge in [0.05, 0.1) is 10.8 Å². The maximum Gasteiger partial charge on any atom is 0.230 e. The van der Waals surface area contributed by atoms with E-state index in [4.69, 9.17) is 0 Å². The van der Waals surface area contributed by atoms with E-state index in [-0.39, 0.29) is 22.6 Å². The molecule has 0 aromatic heterocycles. The van der Waals surface area contributed by atoms with Crippen LogP contribution < -0.4 is 5.32 Å². The number of carbonyl (C=O) groups excluding carboxylic acids is 2. The van der Waals surface area contributed by atoms with Gasteiger partial charge in [0.1, 0.15) is 0 Å². The van der Waals surface area contributed by atoms with Gasteiger partial charge in [0.2, 0.25) is 11.8 Å². The molecular formula is C13H24N2O2. The second-order valence-electron chi connectivity index (χ2n) is 6.23. The van der Waals surface area contributed by atoms with E-state index in [1.807, 2.05) is 41.7 Å². The Morgan fingerprint density at radius 2 is 1.53 bits per heavy atom. The van der Waals surface area contributed by atoms with Gasteiger partial charge in [0, 0.05) is 19.1 Å². The number of rotatable bonds is 0. The lowest BCUT2D eigenvalue weighted by Gasteiger charge is -2.49. The molecule has 2 fully saturated rings. The summed E-state index contributed by atoms with van der Waals surface area (Å²) in [4.78, 5) is 23.4. The number of hydrogen-bond donors (Lipinski definition) is 1. The summed E-state index contributed by atoms with van der Waals surface area (Å²) >= 11 is 0. The molecule has 4 heteroatoms. The highest BCUT2D eigenvalue weighted by Crippen LogP contribution is 2.36. The molecule has 2 aliphatic heterocycles. The lowest BCUT2D eigenvalue weighted by atomic mass is 9.75. The van der Waals surface area contributed by atoms with Crippen molar-refractivity contribution in [3.63, 3.8) is 0 Å². The van der Waals surface area contributed by atoms with Crippen LogP contribution in [0.1, 0.15) is 41.5 Å². The topological polar surface area (TPSA) is 49.4 Å². The van der Waals surface area contributed by atoms with Crippen LogP contribution in [-0.4, -0.2) is 35.8 Å². The van der Waals surface area contributed by atoms with E-state index in [0.29, 0.717) is 12.1 Å². The van der Waals surface area contributed by atoms with Gasteiger partial charge < -0.3 is 10.2 Å². The maximum absolute atomic E-state index is 11.0. The summed E-state index contributed by atoms with van der Waals surface area (Å²) in [5.41, 5.74) is -0.214. The van der Waals surface area contributed by atoms with Crippen LogP contribution in [0.15, 0.2) is 0 Å². The molecule has 0 aliphatic carbocycles. The van der Waals surface area contributed by atoms with Crippen LogP contribution in [0.5, 0.6) is 0 Å². The third-order valence-electron chi connectivity index (χ3n) is 4.51. The largest absolute Gasteiger partial charge is 0.352 e. The Kier molecular flexibility index (Phi) is 3.29. The van der Waals surface area contributed by atoms with Gasteiger partial charge >= 0.3 is 0 Å². The summed E-state index contributed by atoms with van der Waals surface area (Å²) in [6.07, 6.45) is 0. The van der Waals surface area contributed by atoms with Crippen molar-refractivity contribution in [3.05, 3.63) is 0 Å². The summed E-state index contributed by atoms with van der Waals surface area (Å²) in [6.45, 7) is 12.0. The number of nitrogens with zero attached hydrogens (tertiary/aromatic N) is 1. The van der Waals surface area contributed by atoms with Gasteiger partial charge in [-0.25, -0.2) is 0 Å². The fourth-order valence-corrected chi connectivity index (χ4v) is 1.91. The van der Waals surface area contributed by atoms with Gasteiger partial charge in [-0.05, 0) is 41.5 Å². The number of hydrogen-bond acceptors (Lipinski definition) is 2. The SMILES string of the molecule is CC1N(C)C(=O)C1(C)C.CC1NC(=O)C1(C)C. The molecule has 0 aromatic rings. The van der Waals surface area contributed by atoms with E-state index in [1.165, 1.54) is 0 Å². The minimum atomic E-state index is -0.111. The molecule has 2 amide bonds. The molecule has 1 N–H and O–H groups in total. The molecule has 0 aromatic carbocycles. The molecule has 4 nitrogen and oxygen atoms in total. The van der Waals surface area contributed by atoms with Crippen molar-refractivity contribution in [1.29, 1.82) is 0 Å². The van der Waals surface area contributed by atoms with Crippen LogP contribution in [-0.2, 0) is 9.59 Å². The Bertz CT molecular complexity index is 347. The Hall–Kier alpha value is -1.06. The van der Waals surface area contributed by atoms with Crippen molar-refractivity contribution in [2.45, 2.75) is 53.6 Å². The molecule has 2 aliphatic rings. The highest BCUT2D eigenvalue weighted by atomic mass is 16.2. The molecule has 0 saturated carbocycles. The Morgan fingerprint density at radius 1 is 1.06 bits per heavy atom. The molecule has 98 valence electrons. The molecule has 2 unspecified atom stereocenters. The normalized spacial score (nSPS) is 32.8. The van der Waals surface area contributed by atoms with Crippen molar-refractivity contribution in [3.8, 4) is 0 Å². The highest BCUT2D eigenvalue weighted by molar-refractivity contribution is 5.89. The number of amides is 2. The number of carbonyl (C=O) groups is 2. The fraction of sp³-hybridized carbons (Fsp3) is 0.846. The summed E-state index contributed by atoms with van der Waals surface area (Å²) in [7, 11) is 1.85. The van der Waals surface area contributed by atoms with E-state index in [2.05, 4.69) is 12.2 Å². The molecule has 2 heterocycles. The van der Waals surface area contributed by atoms with Crippen LogP contribution >= 0.6 is 0 Å². The van der Waals surface area contributed by atoms with Crippen molar-refractivity contribution in [1.82, 2.24) is 10.2 Å². The first kappa shape index (κ1) is 14.0. The average Bonchev–Trinajstić information content (AvgIpc) is 2.27. The van der Waals surface area contributed by atoms with E-state index < -0.39 is 0 Å². The van der Waals surface area contributed by atoms with Crippen LogP contribution in [0.4, 0.5) is 0 Å². The summed E-state index contributed by atoms with van der Waals surface area (Å²) < 4.78 is 0. The molecule has 17 heavy (non-hydrogen) atoms. The summed E-state index contributed by atoms with van der Waals surface area (Å²) in [6, 6.07) is 0.764. The van der Waals surface area contributed by atoms with Gasteiger partial charge in [0.15, 0.2) is 0 Å². The number of likely N-dealkylation sites (tertiary alicyclic amines) is 1. The second-order valence-corrected chi connectivity index (χ2v) is 6.23. The molecule has 2 rings (SSSR count). The average molecular weight is 240 g/mol. The van der Waals surface area contributed by atoms with Crippen LogP contribution in [0, 0.1) is 10.8 Å². The van der Waals surface area contributed by atoms with Crippen molar-refractivity contribution >= 4 is 11.8 Å². The van der Waals surface area contributed by atoms with Crippen molar-refractivity contribution in [2.75, 3.05) is 7.05 Å². The second kappa shape index (κ2) is 4.00. The predicted molar refractivity (Wildman–Crippen MR) is 67.4 cm³/mol. The Balaban J connectivity index is 0.000000171. The summed E-state index contributed by atoms with van der Waals surface area (Å²) in [5.74, 6) is 0.431. The van der Waals surface area contributed by atoms with Gasteiger partial charge in [0.25, 0.3) is 0 Å². The minimum absolute atomic E-state index is 0.102. The zero-order valence-electron chi connectivity index (χ0n) is 11.9. The smallest absolute Gasteiger partial charge is 0.230 e. The van der Waals surface area contributed by atoms with E-state index >= 15 is 0 Å². The fourth-order valence-electron chi connectivity index (χ4n) is 1.91. The van der Waals surface area contributed by atoms with E-state index in [0.717, 1.165) is 0 Å². The number of nitrogens with one attached hydrogen (secondary N) is 1. The van der Waals surface area contributed by atoms with Gasteiger partial charge in [-0.2, -0.15) is 0 Å². The Morgan fingerprint density at radius 3 is 1.59 bits per heavy atom. The summed E-state index contributed by atoms with van der Waals surface area (Å²) in [5, 5.41) is 2.76. The zero-order valence-corrected chi connectivity index (χ0v) is 11.9. The molecule has 0 spiro atoms. The third kappa shape index (κ3) is 2.05. The molecule has 2 atom stereocenters. The first-order valence-corrected chi connectivity index (χ1v) is 6.11. The maximum atomic E-state index is 11.0. The van der Waals surface area contributed by atoms with Gasteiger partial charge in [-0.3, -0.25) is 9.59 Å². The van der Waals surface area contributed by atoms with Crippen LogP contribution in [0.3, 0.4) is 0 Å². The molecule has 0 radical (unpaired) electrons. The monoisotopic (exact) mass is 240 g/mol. The highest BCUT2D eigenvalue weighted by Gasteiger charge is 2.49. The van der Waals surface area contributed by atoms with Gasteiger partial charge in [-0.15, -0.1) is 0 Å². The zero-order chi connectivity index (χ0) is 13.6. The number of β-lactam (4-membered cyclic amide) rings is 2. The van der Waals surface area contributed by atoms with E-state index in [9.17, 15) is 9.59 Å². The van der Waals surface area contributed by atoms with Crippen LogP contribution in [0.2, 0.25) is 0 Å². The van der Waals surface area contributed by atoms with Crippen molar-refractivity contribution < 1.29 is 9.59 Å².